The van der Waals surface area contributed by atoms with Crippen molar-refractivity contribution >= 4 is 29.9 Å². The summed E-state index contributed by atoms with van der Waals surface area (Å²) < 4.78 is 12.7. The minimum Gasteiger partial charge on any atom is -0.370 e. The first kappa shape index (κ1) is 14.2. The highest BCUT2D eigenvalue weighted by molar-refractivity contribution is 14.0. The molecule has 1 aliphatic carbocycles. The Kier molecular flexibility index (Phi) is 5.17. The topological polar surface area (TPSA) is 41.6 Å². The van der Waals surface area contributed by atoms with Crippen LogP contribution in [0.3, 0.4) is 0 Å². The van der Waals surface area contributed by atoms with Crippen LogP contribution in [0.5, 0.6) is 0 Å². The second-order valence-corrected chi connectivity index (χ2v) is 4.14. The predicted octanol–water partition coefficient (Wildman–Crippen LogP) is 2.35. The number of aliphatic imine (C=N–C) groups is 1. The molecule has 0 unspecified atom stereocenters. The summed E-state index contributed by atoms with van der Waals surface area (Å²) in [5, 5.41) is 0. The molecule has 0 saturated heterocycles. The number of guanidine groups is 1. The van der Waals surface area contributed by atoms with Gasteiger partial charge in [0.05, 0.1) is 6.54 Å². The Morgan fingerprint density at radius 1 is 1.41 bits per heavy atom. The fourth-order valence-electron chi connectivity index (χ4n) is 1.52. The molecule has 0 amide bonds. The van der Waals surface area contributed by atoms with Gasteiger partial charge in [0.15, 0.2) is 5.96 Å². The highest BCUT2D eigenvalue weighted by Crippen LogP contribution is 2.24. The van der Waals surface area contributed by atoms with Crippen LogP contribution in [0.4, 0.5) is 4.39 Å². The maximum absolute atomic E-state index is 12.7. The van der Waals surface area contributed by atoms with E-state index in [2.05, 4.69) is 4.99 Å². The van der Waals surface area contributed by atoms with E-state index in [0.717, 1.165) is 5.56 Å². The number of hydrogen-bond donors (Lipinski definition) is 1. The van der Waals surface area contributed by atoms with Crippen LogP contribution in [-0.2, 0) is 6.54 Å². The molecular weight excluding hydrogens is 332 g/mol. The molecule has 1 fully saturated rings. The molecule has 1 aliphatic rings. The molecule has 0 aromatic heterocycles. The quantitative estimate of drug-likeness (QED) is 0.517. The number of hydrogen-bond acceptors (Lipinski definition) is 1. The third-order valence-corrected chi connectivity index (χ3v) is 2.79. The van der Waals surface area contributed by atoms with E-state index in [-0.39, 0.29) is 29.8 Å². The average Bonchev–Trinajstić information content (AvgIpc) is 3.11. The Labute approximate surface area is 118 Å². The van der Waals surface area contributed by atoms with Gasteiger partial charge >= 0.3 is 0 Å². The van der Waals surface area contributed by atoms with Gasteiger partial charge < -0.3 is 10.6 Å². The maximum Gasteiger partial charge on any atom is 0.191 e. The van der Waals surface area contributed by atoms with E-state index in [1.807, 2.05) is 11.9 Å². The highest BCUT2D eigenvalue weighted by Gasteiger charge is 2.27. The third-order valence-electron chi connectivity index (χ3n) is 2.79. The molecular formula is C12H17FIN3. The molecule has 17 heavy (non-hydrogen) atoms. The number of nitrogens with zero attached hydrogens (tertiary/aromatic N) is 2. The van der Waals surface area contributed by atoms with Gasteiger partial charge in [0, 0.05) is 13.1 Å². The third kappa shape index (κ3) is 4.14. The summed E-state index contributed by atoms with van der Waals surface area (Å²) in [6.07, 6.45) is 2.40. The van der Waals surface area contributed by atoms with Crippen LogP contribution in [-0.4, -0.2) is 23.9 Å². The second kappa shape index (κ2) is 6.18. The normalized spacial score (nSPS) is 15.3. The summed E-state index contributed by atoms with van der Waals surface area (Å²) in [6.45, 7) is 0.503. The Balaban J connectivity index is 0.00000144. The van der Waals surface area contributed by atoms with E-state index in [9.17, 15) is 4.39 Å². The molecule has 0 bridgehead atoms. The van der Waals surface area contributed by atoms with Crippen molar-refractivity contribution in [3.05, 3.63) is 35.6 Å². The van der Waals surface area contributed by atoms with Gasteiger partial charge in [0.25, 0.3) is 0 Å². The molecule has 1 aromatic carbocycles. The van der Waals surface area contributed by atoms with E-state index in [1.165, 1.54) is 25.0 Å². The van der Waals surface area contributed by atoms with Gasteiger partial charge in [-0.25, -0.2) is 9.38 Å². The van der Waals surface area contributed by atoms with Crippen LogP contribution in [0, 0.1) is 5.82 Å². The molecule has 0 radical (unpaired) electrons. The van der Waals surface area contributed by atoms with Gasteiger partial charge in [-0.1, -0.05) is 12.1 Å². The molecule has 2 rings (SSSR count). The van der Waals surface area contributed by atoms with E-state index >= 15 is 0 Å². The van der Waals surface area contributed by atoms with Crippen molar-refractivity contribution in [3.8, 4) is 0 Å². The summed E-state index contributed by atoms with van der Waals surface area (Å²) in [6, 6.07) is 6.89. The molecule has 0 spiro atoms. The largest absolute Gasteiger partial charge is 0.370 e. The van der Waals surface area contributed by atoms with Crippen molar-refractivity contribution in [3.63, 3.8) is 0 Å². The molecule has 0 heterocycles. The van der Waals surface area contributed by atoms with Gasteiger partial charge in [-0.15, -0.1) is 24.0 Å². The summed E-state index contributed by atoms with van der Waals surface area (Å²) in [5.41, 5.74) is 6.80. The molecule has 5 heteroatoms. The average molecular weight is 349 g/mol. The molecule has 0 atom stereocenters. The number of halogens is 2. The minimum atomic E-state index is -0.226. The van der Waals surface area contributed by atoms with Crippen LogP contribution >= 0.6 is 24.0 Å². The monoisotopic (exact) mass is 349 g/mol. The summed E-state index contributed by atoms with van der Waals surface area (Å²) in [4.78, 5) is 6.29. The first-order valence-electron chi connectivity index (χ1n) is 5.44. The molecule has 1 saturated carbocycles. The van der Waals surface area contributed by atoms with E-state index in [4.69, 9.17) is 5.73 Å². The Bertz CT molecular complexity index is 387. The van der Waals surface area contributed by atoms with Crippen LogP contribution in [0.1, 0.15) is 18.4 Å². The van der Waals surface area contributed by atoms with Crippen molar-refractivity contribution in [2.75, 3.05) is 7.05 Å². The number of nitrogens with two attached hydrogens (primary N) is 1. The highest BCUT2D eigenvalue weighted by atomic mass is 127. The van der Waals surface area contributed by atoms with Gasteiger partial charge in [0.1, 0.15) is 5.82 Å². The zero-order chi connectivity index (χ0) is 11.5. The number of rotatable bonds is 3. The summed E-state index contributed by atoms with van der Waals surface area (Å²) in [5.74, 6) is 0.336. The van der Waals surface area contributed by atoms with Crippen molar-refractivity contribution in [2.45, 2.75) is 25.4 Å². The summed E-state index contributed by atoms with van der Waals surface area (Å²) >= 11 is 0. The lowest BCUT2D eigenvalue weighted by molar-refractivity contribution is 0.487. The van der Waals surface area contributed by atoms with Crippen LogP contribution < -0.4 is 5.73 Å². The first-order valence-corrected chi connectivity index (χ1v) is 5.44. The zero-order valence-electron chi connectivity index (χ0n) is 9.77. The molecule has 3 nitrogen and oxygen atoms in total. The van der Waals surface area contributed by atoms with Crippen LogP contribution in [0.15, 0.2) is 29.3 Å². The van der Waals surface area contributed by atoms with Crippen molar-refractivity contribution in [1.29, 1.82) is 0 Å². The Morgan fingerprint density at radius 2 is 2.00 bits per heavy atom. The zero-order valence-corrected chi connectivity index (χ0v) is 12.1. The van der Waals surface area contributed by atoms with Gasteiger partial charge in [-0.3, -0.25) is 0 Å². The molecule has 94 valence electrons. The molecule has 2 N–H and O–H groups in total. The molecule has 0 aliphatic heterocycles. The predicted molar refractivity (Wildman–Crippen MR) is 77.9 cm³/mol. The summed E-state index contributed by atoms with van der Waals surface area (Å²) in [7, 11) is 1.96. The lowest BCUT2D eigenvalue weighted by atomic mass is 10.2. The number of benzene rings is 1. The van der Waals surface area contributed by atoms with Crippen molar-refractivity contribution in [2.24, 2.45) is 10.7 Å². The fraction of sp³-hybridized carbons (Fsp3) is 0.417. The van der Waals surface area contributed by atoms with Crippen molar-refractivity contribution in [1.82, 2.24) is 4.90 Å². The van der Waals surface area contributed by atoms with Crippen LogP contribution in [0.2, 0.25) is 0 Å². The van der Waals surface area contributed by atoms with Gasteiger partial charge in [-0.05, 0) is 30.5 Å². The van der Waals surface area contributed by atoms with Gasteiger partial charge in [0.2, 0.25) is 0 Å². The van der Waals surface area contributed by atoms with E-state index in [0.29, 0.717) is 18.5 Å². The Hall–Kier alpha value is -0.850. The van der Waals surface area contributed by atoms with E-state index < -0.39 is 0 Å². The first-order chi connectivity index (χ1) is 7.66. The molecule has 1 aromatic rings. The van der Waals surface area contributed by atoms with E-state index in [1.54, 1.807) is 12.1 Å². The Morgan fingerprint density at radius 3 is 2.53 bits per heavy atom. The lowest BCUT2D eigenvalue weighted by Gasteiger charge is -2.16. The van der Waals surface area contributed by atoms with Gasteiger partial charge in [-0.2, -0.15) is 0 Å². The smallest absolute Gasteiger partial charge is 0.191 e. The fourth-order valence-corrected chi connectivity index (χ4v) is 1.52. The van der Waals surface area contributed by atoms with Crippen LogP contribution in [0.25, 0.3) is 0 Å². The lowest BCUT2D eigenvalue weighted by Crippen LogP contribution is -2.35. The second-order valence-electron chi connectivity index (χ2n) is 4.14. The van der Waals surface area contributed by atoms with Crippen molar-refractivity contribution < 1.29 is 4.39 Å². The minimum absolute atomic E-state index is 0. The standard InChI is InChI=1S/C12H16FN3.HI/c1-16(11-6-7-11)12(14)15-8-9-2-4-10(13)5-3-9;/h2-5,11H,6-8H2,1H3,(H2,14,15);1H. The SMILES string of the molecule is CN(C(N)=NCc1ccc(F)cc1)C1CC1.I. The maximum atomic E-state index is 12.7.